The van der Waals surface area contributed by atoms with Crippen LogP contribution in [-0.2, 0) is 6.42 Å². The van der Waals surface area contributed by atoms with Gasteiger partial charge in [0.2, 0.25) is 0 Å². The van der Waals surface area contributed by atoms with Crippen molar-refractivity contribution >= 4 is 11.6 Å². The molecule has 0 saturated carbocycles. The molecule has 0 fully saturated rings. The van der Waals surface area contributed by atoms with Gasteiger partial charge in [-0.1, -0.05) is 43.6 Å². The van der Waals surface area contributed by atoms with E-state index in [1.807, 2.05) is 24.3 Å². The minimum atomic E-state index is -1.42. The maximum atomic E-state index is 8.69. The number of halogens is 1. The Morgan fingerprint density at radius 1 is 1.05 bits per heavy atom. The van der Waals surface area contributed by atoms with E-state index in [0.717, 1.165) is 24.3 Å². The number of unbranched alkanes of at least 4 members (excludes halogenated alkanes) is 1. The highest BCUT2D eigenvalue weighted by Gasteiger charge is 2.15. The second-order valence-corrected chi connectivity index (χ2v) is 4.87. The quantitative estimate of drug-likeness (QED) is 0.557. The molecular formula is C15H25ClO3. The second-order valence-electron chi connectivity index (χ2n) is 4.46. The molecule has 0 radical (unpaired) electrons. The van der Waals surface area contributed by atoms with Gasteiger partial charge >= 0.3 is 0 Å². The maximum absolute atomic E-state index is 8.69. The van der Waals surface area contributed by atoms with Crippen molar-refractivity contribution < 1.29 is 15.3 Å². The maximum Gasteiger partial charge on any atom is 0.161 e. The van der Waals surface area contributed by atoms with Gasteiger partial charge in [0.15, 0.2) is 5.79 Å². The highest BCUT2D eigenvalue weighted by atomic mass is 35.5. The SMILES string of the molecule is CCC(O)(O)CC.OCCCCc1ccccc1Cl. The first-order valence-corrected chi connectivity index (χ1v) is 7.13. The number of rotatable bonds is 6. The van der Waals surface area contributed by atoms with Crippen molar-refractivity contribution in [2.45, 2.75) is 51.7 Å². The molecule has 0 saturated heterocycles. The van der Waals surface area contributed by atoms with Crippen molar-refractivity contribution in [2.24, 2.45) is 0 Å². The van der Waals surface area contributed by atoms with E-state index >= 15 is 0 Å². The molecule has 0 heterocycles. The van der Waals surface area contributed by atoms with Crippen LogP contribution in [-0.4, -0.2) is 27.7 Å². The van der Waals surface area contributed by atoms with Gasteiger partial charge in [-0.15, -0.1) is 0 Å². The molecule has 3 nitrogen and oxygen atoms in total. The Labute approximate surface area is 120 Å². The smallest absolute Gasteiger partial charge is 0.161 e. The molecule has 110 valence electrons. The van der Waals surface area contributed by atoms with Crippen molar-refractivity contribution in [2.75, 3.05) is 6.61 Å². The number of aliphatic hydroxyl groups excluding tert-OH is 1. The van der Waals surface area contributed by atoms with Gasteiger partial charge in [0, 0.05) is 11.6 Å². The largest absolute Gasteiger partial charge is 0.396 e. The number of aliphatic hydroxyl groups is 3. The van der Waals surface area contributed by atoms with Gasteiger partial charge in [0.1, 0.15) is 0 Å². The zero-order valence-electron chi connectivity index (χ0n) is 11.8. The Morgan fingerprint density at radius 3 is 2.05 bits per heavy atom. The molecule has 0 atom stereocenters. The predicted octanol–water partition coefficient (Wildman–Crippen LogP) is 3.14. The molecule has 0 aromatic heterocycles. The minimum absolute atomic E-state index is 0.268. The standard InChI is InChI=1S/C10H13ClO.C5H12O2/c11-10-7-2-1-5-9(10)6-3-4-8-12;1-3-5(6,7)4-2/h1-2,5,7,12H,3-4,6,8H2;6-7H,3-4H2,1-2H3. The average Bonchev–Trinajstić information content (AvgIpc) is 2.42. The van der Waals surface area contributed by atoms with Gasteiger partial charge < -0.3 is 15.3 Å². The molecule has 0 unspecified atom stereocenters. The third-order valence-corrected chi connectivity index (χ3v) is 3.31. The summed E-state index contributed by atoms with van der Waals surface area (Å²) < 4.78 is 0. The molecular weight excluding hydrogens is 264 g/mol. The number of hydrogen-bond acceptors (Lipinski definition) is 3. The Hall–Kier alpha value is -0.610. The van der Waals surface area contributed by atoms with Gasteiger partial charge in [-0.05, 0) is 43.7 Å². The van der Waals surface area contributed by atoms with Crippen LogP contribution in [0.4, 0.5) is 0 Å². The molecule has 1 aromatic rings. The molecule has 0 spiro atoms. The summed E-state index contributed by atoms with van der Waals surface area (Å²) in [6.07, 6.45) is 3.62. The van der Waals surface area contributed by atoms with Crippen molar-refractivity contribution in [1.29, 1.82) is 0 Å². The summed E-state index contributed by atoms with van der Waals surface area (Å²) in [6.45, 7) is 3.75. The normalized spacial score (nSPS) is 10.8. The summed E-state index contributed by atoms with van der Waals surface area (Å²) in [4.78, 5) is 0. The van der Waals surface area contributed by atoms with Crippen LogP contribution in [0.1, 0.15) is 45.1 Å². The van der Waals surface area contributed by atoms with E-state index in [9.17, 15) is 0 Å². The molecule has 0 aliphatic heterocycles. The predicted molar refractivity (Wildman–Crippen MR) is 79.2 cm³/mol. The minimum Gasteiger partial charge on any atom is -0.396 e. The van der Waals surface area contributed by atoms with E-state index in [2.05, 4.69) is 0 Å². The Bertz CT molecular complexity index is 334. The third kappa shape index (κ3) is 9.00. The lowest BCUT2D eigenvalue weighted by Crippen LogP contribution is -2.24. The molecule has 0 amide bonds. The fourth-order valence-corrected chi connectivity index (χ4v) is 1.61. The van der Waals surface area contributed by atoms with E-state index < -0.39 is 5.79 Å². The van der Waals surface area contributed by atoms with Gasteiger partial charge in [-0.3, -0.25) is 0 Å². The molecule has 1 aromatic carbocycles. The fraction of sp³-hybridized carbons (Fsp3) is 0.600. The van der Waals surface area contributed by atoms with Crippen LogP contribution in [0.2, 0.25) is 5.02 Å². The highest BCUT2D eigenvalue weighted by Crippen LogP contribution is 2.16. The van der Waals surface area contributed by atoms with Crippen LogP contribution >= 0.6 is 11.6 Å². The zero-order chi connectivity index (χ0) is 14.7. The fourth-order valence-electron chi connectivity index (χ4n) is 1.38. The monoisotopic (exact) mass is 288 g/mol. The van der Waals surface area contributed by atoms with Gasteiger partial charge in [-0.25, -0.2) is 0 Å². The van der Waals surface area contributed by atoms with Crippen molar-refractivity contribution in [1.82, 2.24) is 0 Å². The summed E-state index contributed by atoms with van der Waals surface area (Å²) in [6, 6.07) is 7.84. The average molecular weight is 289 g/mol. The van der Waals surface area contributed by atoms with Gasteiger partial charge in [0.05, 0.1) is 0 Å². The van der Waals surface area contributed by atoms with E-state index in [1.54, 1.807) is 13.8 Å². The number of aryl methyl sites for hydroxylation is 1. The van der Waals surface area contributed by atoms with Crippen LogP contribution in [0.3, 0.4) is 0 Å². The molecule has 3 N–H and O–H groups in total. The third-order valence-electron chi connectivity index (χ3n) is 2.94. The lowest BCUT2D eigenvalue weighted by Gasteiger charge is -2.15. The number of hydrogen-bond donors (Lipinski definition) is 3. The van der Waals surface area contributed by atoms with Crippen molar-refractivity contribution in [3.63, 3.8) is 0 Å². The molecule has 0 aliphatic rings. The Balaban J connectivity index is 0.000000399. The highest BCUT2D eigenvalue weighted by molar-refractivity contribution is 6.31. The van der Waals surface area contributed by atoms with Gasteiger partial charge in [-0.2, -0.15) is 0 Å². The molecule has 0 bridgehead atoms. The second kappa shape index (κ2) is 10.2. The molecule has 1 rings (SSSR count). The Kier molecular flexibility index (Phi) is 9.88. The summed E-state index contributed by atoms with van der Waals surface area (Å²) in [5.41, 5.74) is 1.17. The summed E-state index contributed by atoms with van der Waals surface area (Å²) in [7, 11) is 0. The van der Waals surface area contributed by atoms with Crippen molar-refractivity contribution in [3.05, 3.63) is 34.9 Å². The van der Waals surface area contributed by atoms with Gasteiger partial charge in [0.25, 0.3) is 0 Å². The van der Waals surface area contributed by atoms with Crippen LogP contribution in [0.15, 0.2) is 24.3 Å². The van der Waals surface area contributed by atoms with E-state index in [-0.39, 0.29) is 6.61 Å². The summed E-state index contributed by atoms with van der Waals surface area (Å²) in [5, 5.41) is 26.8. The molecule has 19 heavy (non-hydrogen) atoms. The van der Waals surface area contributed by atoms with Crippen LogP contribution < -0.4 is 0 Å². The zero-order valence-corrected chi connectivity index (χ0v) is 12.5. The first kappa shape index (κ1) is 18.4. The first-order chi connectivity index (χ1) is 8.96. The lowest BCUT2D eigenvalue weighted by atomic mass is 10.1. The molecule has 0 aliphatic carbocycles. The summed E-state index contributed by atoms with van der Waals surface area (Å²) in [5.74, 6) is -1.42. The van der Waals surface area contributed by atoms with Crippen LogP contribution in [0, 0.1) is 0 Å². The van der Waals surface area contributed by atoms with E-state index in [4.69, 9.17) is 26.9 Å². The van der Waals surface area contributed by atoms with Crippen LogP contribution in [0.25, 0.3) is 0 Å². The van der Waals surface area contributed by atoms with E-state index in [0.29, 0.717) is 12.8 Å². The summed E-state index contributed by atoms with van der Waals surface area (Å²) >= 11 is 5.94. The topological polar surface area (TPSA) is 60.7 Å². The molecule has 4 heteroatoms. The lowest BCUT2D eigenvalue weighted by molar-refractivity contribution is -0.163. The first-order valence-electron chi connectivity index (χ1n) is 6.75. The Morgan fingerprint density at radius 2 is 1.63 bits per heavy atom. The van der Waals surface area contributed by atoms with E-state index in [1.165, 1.54) is 5.56 Å². The number of benzene rings is 1. The van der Waals surface area contributed by atoms with Crippen LogP contribution in [0.5, 0.6) is 0 Å². The van der Waals surface area contributed by atoms with Crippen molar-refractivity contribution in [3.8, 4) is 0 Å².